The molecule has 6 nitrogen and oxygen atoms in total. The number of amides is 2. The van der Waals surface area contributed by atoms with E-state index in [1.54, 1.807) is 36.4 Å². The van der Waals surface area contributed by atoms with Crippen molar-refractivity contribution in [1.82, 2.24) is 0 Å². The van der Waals surface area contributed by atoms with Gasteiger partial charge in [0.2, 0.25) is 11.8 Å². The third kappa shape index (κ3) is 4.98. The second-order valence-electron chi connectivity index (χ2n) is 5.96. The number of hydrogen-bond acceptors (Lipinski definition) is 5. The van der Waals surface area contributed by atoms with E-state index in [0.29, 0.717) is 17.0 Å². The minimum Gasteiger partial charge on any atom is -0.423 e. The first-order valence-electron chi connectivity index (χ1n) is 8.30. The van der Waals surface area contributed by atoms with E-state index < -0.39 is 5.63 Å². The standard InChI is InChI=1S/C20H18N2O4S/c1-12(27-17-7-4-15(5-8-17)21-13(2)23)20(25)22-16-6-9-18-14(11-16)3-10-19(24)26-18/h3-12H,1-2H3,(H,21,23)(H,22,25). The summed E-state index contributed by atoms with van der Waals surface area (Å²) in [7, 11) is 0. The number of rotatable bonds is 5. The zero-order valence-corrected chi connectivity index (χ0v) is 15.6. The van der Waals surface area contributed by atoms with Crippen molar-refractivity contribution in [1.29, 1.82) is 0 Å². The molecule has 138 valence electrons. The van der Waals surface area contributed by atoms with Crippen LogP contribution in [-0.4, -0.2) is 17.1 Å². The summed E-state index contributed by atoms with van der Waals surface area (Å²) in [5.74, 6) is -0.263. The van der Waals surface area contributed by atoms with Gasteiger partial charge in [-0.3, -0.25) is 9.59 Å². The lowest BCUT2D eigenvalue weighted by Crippen LogP contribution is -2.22. The maximum absolute atomic E-state index is 12.5. The summed E-state index contributed by atoms with van der Waals surface area (Å²) in [4.78, 5) is 35.6. The molecule has 27 heavy (non-hydrogen) atoms. The minimum absolute atomic E-state index is 0.127. The Labute approximate surface area is 160 Å². The molecule has 1 atom stereocenters. The number of benzene rings is 2. The van der Waals surface area contributed by atoms with E-state index in [-0.39, 0.29) is 17.1 Å². The average Bonchev–Trinajstić information content (AvgIpc) is 2.63. The van der Waals surface area contributed by atoms with Crippen LogP contribution in [0.4, 0.5) is 11.4 Å². The van der Waals surface area contributed by atoms with Gasteiger partial charge < -0.3 is 15.1 Å². The first-order chi connectivity index (χ1) is 12.9. The molecule has 0 saturated carbocycles. The second kappa shape index (κ2) is 8.09. The number of hydrogen-bond donors (Lipinski definition) is 2. The summed E-state index contributed by atoms with van der Waals surface area (Å²) in [5.41, 5.74) is 1.41. The number of nitrogens with one attached hydrogen (secondary N) is 2. The van der Waals surface area contributed by atoms with Crippen LogP contribution >= 0.6 is 11.8 Å². The van der Waals surface area contributed by atoms with E-state index in [0.717, 1.165) is 10.3 Å². The number of fused-ring (bicyclic) bond motifs is 1. The van der Waals surface area contributed by atoms with Crippen LogP contribution in [0.15, 0.2) is 68.7 Å². The Balaban J connectivity index is 1.64. The molecule has 1 aromatic heterocycles. The summed E-state index contributed by atoms with van der Waals surface area (Å²) < 4.78 is 5.08. The van der Waals surface area contributed by atoms with E-state index in [9.17, 15) is 14.4 Å². The maximum Gasteiger partial charge on any atom is 0.336 e. The fraction of sp³-hybridized carbons (Fsp3) is 0.150. The van der Waals surface area contributed by atoms with E-state index >= 15 is 0 Å². The van der Waals surface area contributed by atoms with Crippen molar-refractivity contribution in [2.24, 2.45) is 0 Å². The second-order valence-corrected chi connectivity index (χ2v) is 7.38. The molecule has 0 aliphatic heterocycles. The fourth-order valence-corrected chi connectivity index (χ4v) is 3.34. The first kappa shape index (κ1) is 18.7. The largest absolute Gasteiger partial charge is 0.423 e. The molecule has 3 rings (SSSR count). The molecule has 3 aromatic rings. The fourth-order valence-electron chi connectivity index (χ4n) is 2.47. The Morgan fingerprint density at radius 3 is 2.37 bits per heavy atom. The lowest BCUT2D eigenvalue weighted by atomic mass is 10.2. The normalized spacial score (nSPS) is 11.8. The lowest BCUT2D eigenvalue weighted by Gasteiger charge is -2.13. The molecule has 0 aliphatic rings. The zero-order valence-electron chi connectivity index (χ0n) is 14.8. The summed E-state index contributed by atoms with van der Waals surface area (Å²) >= 11 is 1.42. The van der Waals surface area contributed by atoms with Gasteiger partial charge in [-0.15, -0.1) is 11.8 Å². The molecule has 0 saturated heterocycles. The summed E-state index contributed by atoms with van der Waals surface area (Å²) in [6, 6.07) is 15.4. The number of carbonyl (C=O) groups is 2. The minimum atomic E-state index is -0.408. The van der Waals surface area contributed by atoms with Crippen LogP contribution in [0.2, 0.25) is 0 Å². The van der Waals surface area contributed by atoms with Gasteiger partial charge in [0, 0.05) is 34.6 Å². The molecule has 0 bridgehead atoms. The third-order valence-corrected chi connectivity index (χ3v) is 4.86. The molecule has 2 amide bonds. The van der Waals surface area contributed by atoms with Crippen LogP contribution in [0.5, 0.6) is 0 Å². The highest BCUT2D eigenvalue weighted by Crippen LogP contribution is 2.26. The van der Waals surface area contributed by atoms with Crippen molar-refractivity contribution < 1.29 is 14.0 Å². The van der Waals surface area contributed by atoms with Crippen LogP contribution in [-0.2, 0) is 9.59 Å². The highest BCUT2D eigenvalue weighted by Gasteiger charge is 2.15. The predicted molar refractivity (Wildman–Crippen MR) is 107 cm³/mol. The lowest BCUT2D eigenvalue weighted by molar-refractivity contribution is -0.115. The van der Waals surface area contributed by atoms with Gasteiger partial charge in [-0.1, -0.05) is 0 Å². The monoisotopic (exact) mass is 382 g/mol. The first-order valence-corrected chi connectivity index (χ1v) is 9.18. The van der Waals surface area contributed by atoms with Crippen LogP contribution in [0, 0.1) is 0 Å². The van der Waals surface area contributed by atoms with Gasteiger partial charge in [0.15, 0.2) is 0 Å². The summed E-state index contributed by atoms with van der Waals surface area (Å²) in [6.45, 7) is 3.28. The Bertz CT molecular complexity index is 1040. The highest BCUT2D eigenvalue weighted by atomic mass is 32.2. The average molecular weight is 382 g/mol. The molecular weight excluding hydrogens is 364 g/mol. The topological polar surface area (TPSA) is 88.4 Å². The van der Waals surface area contributed by atoms with Crippen LogP contribution < -0.4 is 16.3 Å². The van der Waals surface area contributed by atoms with Crippen molar-refractivity contribution in [3.05, 3.63) is 65.0 Å². The molecule has 0 aliphatic carbocycles. The van der Waals surface area contributed by atoms with Crippen molar-refractivity contribution in [3.63, 3.8) is 0 Å². The zero-order chi connectivity index (χ0) is 19.4. The maximum atomic E-state index is 12.5. The molecule has 0 radical (unpaired) electrons. The van der Waals surface area contributed by atoms with Crippen molar-refractivity contribution in [3.8, 4) is 0 Å². The Kier molecular flexibility index (Phi) is 5.61. The molecule has 7 heteroatoms. The van der Waals surface area contributed by atoms with E-state index in [2.05, 4.69) is 10.6 Å². The molecule has 0 spiro atoms. The smallest absolute Gasteiger partial charge is 0.336 e. The van der Waals surface area contributed by atoms with Gasteiger partial charge in [0.05, 0.1) is 5.25 Å². The molecular formula is C20H18N2O4S. The van der Waals surface area contributed by atoms with Gasteiger partial charge in [0.1, 0.15) is 5.58 Å². The molecule has 2 aromatic carbocycles. The number of thioether (sulfide) groups is 1. The van der Waals surface area contributed by atoms with Gasteiger partial charge >= 0.3 is 5.63 Å². The SMILES string of the molecule is CC(=O)Nc1ccc(SC(C)C(=O)Nc2ccc3oc(=O)ccc3c2)cc1. The Morgan fingerprint density at radius 2 is 1.67 bits per heavy atom. The van der Waals surface area contributed by atoms with Crippen LogP contribution in [0.25, 0.3) is 11.0 Å². The summed E-state index contributed by atoms with van der Waals surface area (Å²) in [5, 5.41) is 5.99. The van der Waals surface area contributed by atoms with Crippen molar-refractivity contribution in [2.45, 2.75) is 24.0 Å². The molecule has 2 N–H and O–H groups in total. The van der Waals surface area contributed by atoms with E-state index in [1.165, 1.54) is 24.8 Å². The van der Waals surface area contributed by atoms with Crippen molar-refractivity contribution in [2.75, 3.05) is 10.6 Å². The van der Waals surface area contributed by atoms with Crippen LogP contribution in [0.3, 0.4) is 0 Å². The summed E-state index contributed by atoms with van der Waals surface area (Å²) in [6.07, 6.45) is 0. The highest BCUT2D eigenvalue weighted by molar-refractivity contribution is 8.00. The Morgan fingerprint density at radius 1 is 0.963 bits per heavy atom. The third-order valence-electron chi connectivity index (χ3n) is 3.74. The Hall–Kier alpha value is -3.06. The van der Waals surface area contributed by atoms with Gasteiger partial charge in [0.25, 0.3) is 0 Å². The van der Waals surface area contributed by atoms with Crippen molar-refractivity contribution >= 4 is 45.9 Å². The molecule has 1 unspecified atom stereocenters. The van der Waals surface area contributed by atoms with Gasteiger partial charge in [-0.05, 0) is 55.5 Å². The van der Waals surface area contributed by atoms with Crippen LogP contribution in [0.1, 0.15) is 13.8 Å². The van der Waals surface area contributed by atoms with Gasteiger partial charge in [-0.25, -0.2) is 4.79 Å². The quantitative estimate of drug-likeness (QED) is 0.517. The number of anilines is 2. The predicted octanol–water partition coefficient (Wildman–Crippen LogP) is 3.87. The molecule has 0 fully saturated rings. The number of carbonyl (C=O) groups excluding carboxylic acids is 2. The molecule has 1 heterocycles. The van der Waals surface area contributed by atoms with E-state index in [4.69, 9.17) is 4.42 Å². The van der Waals surface area contributed by atoms with E-state index in [1.807, 2.05) is 19.1 Å². The van der Waals surface area contributed by atoms with Gasteiger partial charge in [-0.2, -0.15) is 0 Å².